The van der Waals surface area contributed by atoms with E-state index in [4.69, 9.17) is 13.3 Å². The van der Waals surface area contributed by atoms with Gasteiger partial charge in [-0.05, 0) is 125 Å². The van der Waals surface area contributed by atoms with Gasteiger partial charge in [0.05, 0.1) is 43.0 Å². The van der Waals surface area contributed by atoms with E-state index in [0.717, 1.165) is 150 Å². The summed E-state index contributed by atoms with van der Waals surface area (Å²) in [5, 5.41) is 18.3. The van der Waals surface area contributed by atoms with Gasteiger partial charge in [-0.3, -0.25) is 0 Å². The van der Waals surface area contributed by atoms with Crippen molar-refractivity contribution >= 4 is 212 Å². The summed E-state index contributed by atoms with van der Waals surface area (Å²) in [4.78, 5) is 4.90. The lowest BCUT2D eigenvalue weighted by atomic mass is 9.98. The topological polar surface area (TPSA) is 50.3 Å². The number of rotatable bonds is 9. The Morgan fingerprint density at radius 3 is 1.26 bits per heavy atom. The molecule has 0 aliphatic heterocycles. The molecule has 0 saturated carbocycles. The fraction of sp³-hybridized carbons (Fsp3) is 0. The summed E-state index contributed by atoms with van der Waals surface area (Å²) < 4.78 is 28.9. The van der Waals surface area contributed by atoms with E-state index in [1.165, 1.54) is 73.0 Å². The van der Waals surface area contributed by atoms with Gasteiger partial charge in [0.1, 0.15) is 33.5 Å². The number of nitrogens with zero attached hydrogens (tertiary/aromatic N) is 3. The summed E-state index contributed by atoms with van der Waals surface area (Å²) in [6, 6.07) is 117. The number of thiophene rings is 2. The highest BCUT2D eigenvalue weighted by Gasteiger charge is 2.29. The van der Waals surface area contributed by atoms with Crippen molar-refractivity contribution in [3.05, 3.63) is 322 Å². The van der Waals surface area contributed by atoms with Crippen LogP contribution in [0.4, 0.5) is 34.1 Å². The Labute approximate surface area is 590 Å². The highest BCUT2D eigenvalue weighted by Crippen LogP contribution is 2.54. The summed E-state index contributed by atoms with van der Waals surface area (Å²) in [6.07, 6.45) is 0. The fourth-order valence-corrected chi connectivity index (χ4v) is 19.4. The lowest BCUT2D eigenvalue weighted by molar-refractivity contribution is 0.669. The molecular formula is C94H53N3O3S2. The minimum absolute atomic E-state index is 0.811. The van der Waals surface area contributed by atoms with Gasteiger partial charge >= 0.3 is 0 Å². The van der Waals surface area contributed by atoms with Gasteiger partial charge in [-0.2, -0.15) is 0 Å². The molecule has 0 bridgehead atoms. The average molecular weight is 1340 g/mol. The van der Waals surface area contributed by atoms with E-state index in [1.807, 2.05) is 22.7 Å². The van der Waals surface area contributed by atoms with Crippen molar-refractivity contribution in [1.29, 1.82) is 0 Å². The van der Waals surface area contributed by atoms with Crippen LogP contribution in [0.5, 0.6) is 0 Å². The standard InChI is InChI=1S/C94H53N3O3S2/c1-4-18-54(19-5-1)57-36-47-77-76(50-57)88-79(96(81-33-17-31-74-67-25-11-13-35-86(67)102-94(74)81)60-39-42-64-70-29-15-27-62(56-22-8-3-9-23-56)91(70)99-84(64)53-60)49-46-75-87-68-43-44-71-65-41-38-59(52-83(65)100-92(71)72(68)45-48-78(87)97(77)89(75)88)95(80-32-16-30-73-66-24-10-12-34-85(66)101-93(73)80)58-37-40-63-69-28-14-26-61(55-20-6-2-7-21-55)90(69)98-82(63)51-58/h1-53H. The second-order valence-electron chi connectivity index (χ2n) is 26.9. The summed E-state index contributed by atoms with van der Waals surface area (Å²) in [5.41, 5.74) is 21.5. The van der Waals surface area contributed by atoms with Gasteiger partial charge in [0.25, 0.3) is 0 Å². The molecule has 6 nitrogen and oxygen atoms in total. The average Bonchev–Trinajstić information content (AvgIpc) is 1.52. The van der Waals surface area contributed by atoms with Crippen LogP contribution in [-0.4, -0.2) is 4.40 Å². The maximum absolute atomic E-state index is 7.37. The molecule has 0 aliphatic carbocycles. The monoisotopic (exact) mass is 1340 g/mol. The molecule has 0 atom stereocenters. The van der Waals surface area contributed by atoms with Crippen molar-refractivity contribution in [3.8, 4) is 33.4 Å². The number of furan rings is 3. The molecule has 0 aliphatic rings. The van der Waals surface area contributed by atoms with Crippen LogP contribution in [0, 0.1) is 0 Å². The minimum atomic E-state index is 0.811. The zero-order chi connectivity index (χ0) is 66.4. The van der Waals surface area contributed by atoms with Crippen LogP contribution >= 0.6 is 22.7 Å². The summed E-state index contributed by atoms with van der Waals surface area (Å²) in [5.74, 6) is 0. The lowest BCUT2D eigenvalue weighted by Crippen LogP contribution is -2.10. The largest absolute Gasteiger partial charge is 0.455 e. The molecule has 0 spiro atoms. The van der Waals surface area contributed by atoms with Crippen LogP contribution < -0.4 is 9.80 Å². The Hall–Kier alpha value is -13.0. The molecule has 102 heavy (non-hydrogen) atoms. The molecule has 0 unspecified atom stereocenters. The molecule has 0 radical (unpaired) electrons. The Kier molecular flexibility index (Phi) is 11.7. The molecule has 0 N–H and O–H groups in total. The molecule has 7 aromatic heterocycles. The predicted molar refractivity (Wildman–Crippen MR) is 432 cm³/mol. The number of anilines is 6. The fourth-order valence-electron chi connectivity index (χ4n) is 17.0. The number of hydrogen-bond acceptors (Lipinski definition) is 7. The Balaban J connectivity index is 0.736. The molecule has 0 saturated heterocycles. The second kappa shape index (κ2) is 21.3. The van der Waals surface area contributed by atoms with Crippen molar-refractivity contribution in [2.24, 2.45) is 0 Å². The number of para-hydroxylation sites is 2. The van der Waals surface area contributed by atoms with Crippen molar-refractivity contribution in [2.75, 3.05) is 9.80 Å². The first-order chi connectivity index (χ1) is 50.6. The SMILES string of the molecule is c1ccc(-c2ccc3c(c2)c2c(N(c4ccc5c(c4)oc4c(-c6ccccc6)cccc45)c4cccc5c4sc4ccccc45)ccc4c5c6ccc7c8ccc(N(c9ccc%10c(c9)oc9c(-c%11ccccc%11)cccc9%10)c9cccc%10c9sc9ccccc9%10)cc8oc7c6ccc5n3c42)cc1. The summed E-state index contributed by atoms with van der Waals surface area (Å²) in [7, 11) is 0. The highest BCUT2D eigenvalue weighted by atomic mass is 32.1. The van der Waals surface area contributed by atoms with Gasteiger partial charge < -0.3 is 27.5 Å². The van der Waals surface area contributed by atoms with Crippen LogP contribution in [0.3, 0.4) is 0 Å². The normalized spacial score (nSPS) is 12.3. The predicted octanol–water partition coefficient (Wildman–Crippen LogP) is 28.4. The maximum Gasteiger partial charge on any atom is 0.143 e. The molecule has 7 heterocycles. The first-order valence-electron chi connectivity index (χ1n) is 34.6. The zero-order valence-electron chi connectivity index (χ0n) is 54.5. The number of aromatic nitrogens is 1. The first kappa shape index (κ1) is 56.0. The van der Waals surface area contributed by atoms with E-state index < -0.39 is 0 Å². The Morgan fingerprint density at radius 2 is 0.676 bits per heavy atom. The summed E-state index contributed by atoms with van der Waals surface area (Å²) in [6.45, 7) is 0. The van der Waals surface area contributed by atoms with Crippen LogP contribution in [0.2, 0.25) is 0 Å². The van der Waals surface area contributed by atoms with Crippen molar-refractivity contribution in [2.45, 2.75) is 0 Å². The van der Waals surface area contributed by atoms with E-state index in [1.54, 1.807) is 0 Å². The molecule has 0 fully saturated rings. The molecule has 0 amide bonds. The summed E-state index contributed by atoms with van der Waals surface area (Å²) >= 11 is 3.68. The van der Waals surface area contributed by atoms with Gasteiger partial charge in [0.2, 0.25) is 0 Å². The van der Waals surface area contributed by atoms with Crippen LogP contribution in [-0.2, 0) is 0 Å². The second-order valence-corrected chi connectivity index (χ2v) is 29.0. The smallest absolute Gasteiger partial charge is 0.143 e. The Bertz CT molecular complexity index is 7460. The highest BCUT2D eigenvalue weighted by molar-refractivity contribution is 7.26. The van der Waals surface area contributed by atoms with E-state index in [2.05, 4.69) is 336 Å². The molecule has 16 aromatic carbocycles. The van der Waals surface area contributed by atoms with Gasteiger partial charge in [-0.15, -0.1) is 22.7 Å². The van der Waals surface area contributed by atoms with Crippen LogP contribution in [0.1, 0.15) is 0 Å². The van der Waals surface area contributed by atoms with Crippen molar-refractivity contribution < 1.29 is 13.3 Å². The third-order valence-corrected chi connectivity index (χ3v) is 23.9. The zero-order valence-corrected chi connectivity index (χ0v) is 56.1. The molecular weight excluding hydrogens is 1280 g/mol. The molecule has 23 aromatic rings. The molecule has 23 rings (SSSR count). The van der Waals surface area contributed by atoms with E-state index >= 15 is 0 Å². The van der Waals surface area contributed by atoms with Gasteiger partial charge in [0.15, 0.2) is 0 Å². The number of hydrogen-bond donors (Lipinski definition) is 0. The van der Waals surface area contributed by atoms with Crippen molar-refractivity contribution in [3.63, 3.8) is 0 Å². The quantitative estimate of drug-likeness (QED) is 0.144. The van der Waals surface area contributed by atoms with Gasteiger partial charge in [-0.1, -0.05) is 206 Å². The lowest BCUT2D eigenvalue weighted by Gasteiger charge is -2.27. The van der Waals surface area contributed by atoms with Crippen LogP contribution in [0.15, 0.2) is 335 Å². The van der Waals surface area contributed by atoms with E-state index in [0.29, 0.717) is 0 Å². The molecule has 474 valence electrons. The van der Waals surface area contributed by atoms with Gasteiger partial charge in [-0.25, -0.2) is 0 Å². The van der Waals surface area contributed by atoms with E-state index in [-0.39, 0.29) is 0 Å². The third kappa shape index (κ3) is 7.98. The van der Waals surface area contributed by atoms with Gasteiger partial charge in [0, 0.05) is 137 Å². The molecule has 8 heteroatoms. The van der Waals surface area contributed by atoms with Crippen molar-refractivity contribution in [1.82, 2.24) is 4.40 Å². The number of benzene rings is 16. The first-order valence-corrected chi connectivity index (χ1v) is 36.2. The number of fused-ring (bicyclic) bond motifs is 24. The maximum atomic E-state index is 7.37. The minimum Gasteiger partial charge on any atom is -0.455 e. The third-order valence-electron chi connectivity index (χ3n) is 21.5. The Morgan fingerprint density at radius 1 is 0.245 bits per heavy atom. The van der Waals surface area contributed by atoms with Crippen LogP contribution in [0.25, 0.3) is 188 Å². The van der Waals surface area contributed by atoms with E-state index in [9.17, 15) is 0 Å².